The molecule has 11 aliphatic rings. The fourth-order valence-corrected chi connectivity index (χ4v) is 20.7. The third kappa shape index (κ3) is 7.21. The van der Waals surface area contributed by atoms with Crippen LogP contribution in [0.15, 0.2) is 0 Å². The number of thioether (sulfide) groups is 1. The molecule has 0 amide bonds. The molecule has 8 saturated carbocycles. The van der Waals surface area contributed by atoms with Crippen LogP contribution in [0.2, 0.25) is 0 Å². The first-order valence-corrected chi connectivity index (χ1v) is 27.1. The molecule has 0 aromatic carbocycles. The van der Waals surface area contributed by atoms with Crippen molar-refractivity contribution in [3.8, 4) is 0 Å². The molecular formula is C51H85N3S. The van der Waals surface area contributed by atoms with Crippen LogP contribution in [0.1, 0.15) is 200 Å². The minimum absolute atomic E-state index is 0.590. The zero-order valence-electron chi connectivity index (χ0n) is 35.6. The Kier molecular flexibility index (Phi) is 11.5. The van der Waals surface area contributed by atoms with Gasteiger partial charge in [0.1, 0.15) is 0 Å². The van der Waals surface area contributed by atoms with Gasteiger partial charge in [0.25, 0.3) is 0 Å². The maximum absolute atomic E-state index is 4.42. The standard InChI is InChI=1S/C51H85N3S/c1-32-39(34-21-19-33(20-22-34)37-25-30-48-43(31-37)40-13-7-10-18-47(40)55-48)28-29-46-49(32)42-15-6-9-17-45(42)54(46)38-26-23-36(24-27-38)51-52-44-16-8-5-14-41(44)50(53-51)35-11-3-2-4-12-35/h32-53H,2-31H2,1H3. The molecule has 15 unspecified atom stereocenters. The average Bonchev–Trinajstić information content (AvgIpc) is 3.80. The number of rotatable bonds is 5. The van der Waals surface area contributed by atoms with Crippen LogP contribution in [-0.2, 0) is 0 Å². The predicted molar refractivity (Wildman–Crippen MR) is 232 cm³/mol. The Hall–Kier alpha value is 0.230. The molecule has 11 fully saturated rings. The normalized spacial score (nSPS) is 53.7. The van der Waals surface area contributed by atoms with E-state index in [1.807, 2.05) is 0 Å². The van der Waals surface area contributed by atoms with Crippen LogP contribution in [0, 0.1) is 71.0 Å². The van der Waals surface area contributed by atoms with Gasteiger partial charge in [0.2, 0.25) is 0 Å². The second kappa shape index (κ2) is 16.6. The van der Waals surface area contributed by atoms with E-state index in [-0.39, 0.29) is 0 Å². The summed E-state index contributed by atoms with van der Waals surface area (Å²) in [6, 6.07) is 4.34. The Morgan fingerprint density at radius 2 is 1.07 bits per heavy atom. The van der Waals surface area contributed by atoms with E-state index in [0.717, 1.165) is 112 Å². The highest BCUT2D eigenvalue weighted by molar-refractivity contribution is 8.00. The van der Waals surface area contributed by atoms with Gasteiger partial charge >= 0.3 is 0 Å². The van der Waals surface area contributed by atoms with Gasteiger partial charge < -0.3 is 0 Å². The van der Waals surface area contributed by atoms with Crippen LogP contribution in [0.25, 0.3) is 0 Å². The lowest BCUT2D eigenvalue weighted by molar-refractivity contribution is 0.00257. The molecule has 0 aromatic heterocycles. The van der Waals surface area contributed by atoms with Gasteiger partial charge in [0.15, 0.2) is 0 Å². The lowest BCUT2D eigenvalue weighted by atomic mass is 9.58. The molecule has 2 N–H and O–H groups in total. The van der Waals surface area contributed by atoms with Gasteiger partial charge in [-0.25, -0.2) is 0 Å². The van der Waals surface area contributed by atoms with Crippen LogP contribution >= 0.6 is 11.8 Å². The third-order valence-electron chi connectivity index (χ3n) is 21.0. The quantitative estimate of drug-likeness (QED) is 0.291. The van der Waals surface area contributed by atoms with Crippen molar-refractivity contribution in [3.63, 3.8) is 0 Å². The molecule has 0 spiro atoms. The highest BCUT2D eigenvalue weighted by Gasteiger charge is 2.57. The third-order valence-corrected chi connectivity index (χ3v) is 22.9. The number of hydrogen-bond donors (Lipinski definition) is 2. The van der Waals surface area contributed by atoms with E-state index in [0.29, 0.717) is 6.17 Å². The highest BCUT2D eigenvalue weighted by atomic mass is 32.2. The lowest BCUT2D eigenvalue weighted by Crippen LogP contribution is -2.68. The van der Waals surface area contributed by atoms with Crippen molar-refractivity contribution in [3.05, 3.63) is 0 Å². The molecule has 0 bridgehead atoms. The highest BCUT2D eigenvalue weighted by Crippen LogP contribution is 2.60. The summed E-state index contributed by atoms with van der Waals surface area (Å²) in [7, 11) is 0. The van der Waals surface area contributed by atoms with Crippen LogP contribution in [0.4, 0.5) is 0 Å². The zero-order chi connectivity index (χ0) is 36.5. The molecule has 0 radical (unpaired) electrons. The predicted octanol–water partition coefficient (Wildman–Crippen LogP) is 12.4. The maximum atomic E-state index is 4.42. The van der Waals surface area contributed by atoms with Crippen LogP contribution in [0.3, 0.4) is 0 Å². The molecule has 310 valence electrons. The Bertz CT molecular complexity index is 1270. The summed E-state index contributed by atoms with van der Waals surface area (Å²) in [5.41, 5.74) is 0. The van der Waals surface area contributed by atoms with Crippen LogP contribution < -0.4 is 10.6 Å². The Labute approximate surface area is 343 Å². The summed E-state index contributed by atoms with van der Waals surface area (Å²) >= 11 is 2.48. The van der Waals surface area contributed by atoms with Gasteiger partial charge in [0.05, 0.1) is 6.17 Å². The number of hydrogen-bond acceptors (Lipinski definition) is 4. The second-order valence-corrected chi connectivity index (χ2v) is 24.6. The molecular weight excluding hydrogens is 687 g/mol. The van der Waals surface area contributed by atoms with Gasteiger partial charge in [-0.15, -0.1) is 0 Å². The van der Waals surface area contributed by atoms with E-state index in [1.165, 1.54) is 109 Å². The molecule has 3 heterocycles. The van der Waals surface area contributed by atoms with Crippen molar-refractivity contribution in [1.82, 2.24) is 15.5 Å². The largest absolute Gasteiger partial charge is 0.299 e. The summed E-state index contributed by atoms with van der Waals surface area (Å²) in [6.45, 7) is 2.82. The molecule has 3 nitrogen and oxygen atoms in total. The molecule has 3 aliphatic heterocycles. The Balaban J connectivity index is 0.714. The van der Waals surface area contributed by atoms with Gasteiger partial charge in [-0.2, -0.15) is 11.8 Å². The van der Waals surface area contributed by atoms with Gasteiger partial charge in [-0.1, -0.05) is 64.7 Å². The summed E-state index contributed by atoms with van der Waals surface area (Å²) in [5, 5.41) is 10.9. The van der Waals surface area contributed by atoms with Crippen molar-refractivity contribution in [2.45, 2.75) is 246 Å². The fraction of sp³-hybridized carbons (Fsp3) is 1.00. The monoisotopic (exact) mass is 772 g/mol. The summed E-state index contributed by atoms with van der Waals surface area (Å²) < 4.78 is 0. The summed E-state index contributed by atoms with van der Waals surface area (Å²) in [5.74, 6) is 12.2. The van der Waals surface area contributed by atoms with E-state index in [9.17, 15) is 0 Å². The van der Waals surface area contributed by atoms with Crippen molar-refractivity contribution < 1.29 is 0 Å². The molecule has 15 atom stereocenters. The minimum atomic E-state index is 0.590. The van der Waals surface area contributed by atoms with Crippen molar-refractivity contribution in [2.75, 3.05) is 0 Å². The topological polar surface area (TPSA) is 27.3 Å². The fourth-order valence-electron chi connectivity index (χ4n) is 18.6. The lowest BCUT2D eigenvalue weighted by Gasteiger charge is -2.53. The van der Waals surface area contributed by atoms with E-state index < -0.39 is 0 Å². The van der Waals surface area contributed by atoms with Gasteiger partial charge in [-0.3, -0.25) is 15.5 Å². The number of fused-ring (bicyclic) bond motifs is 7. The number of nitrogens with zero attached hydrogens (tertiary/aromatic N) is 1. The van der Waals surface area contributed by atoms with Crippen LogP contribution in [0.5, 0.6) is 0 Å². The zero-order valence-corrected chi connectivity index (χ0v) is 36.4. The summed E-state index contributed by atoms with van der Waals surface area (Å²) in [4.78, 5) is 3.33. The van der Waals surface area contributed by atoms with Crippen molar-refractivity contribution in [1.29, 1.82) is 0 Å². The Morgan fingerprint density at radius 1 is 0.418 bits per heavy atom. The molecule has 8 aliphatic carbocycles. The van der Waals surface area contributed by atoms with Gasteiger partial charge in [-0.05, 0) is 206 Å². The van der Waals surface area contributed by atoms with Crippen molar-refractivity contribution in [2.24, 2.45) is 71.0 Å². The first-order chi connectivity index (χ1) is 27.2. The number of nitrogens with one attached hydrogen (secondary N) is 2. The maximum Gasteiger partial charge on any atom is 0.0605 e. The minimum Gasteiger partial charge on any atom is -0.299 e. The summed E-state index contributed by atoms with van der Waals surface area (Å²) in [6.07, 6.45) is 46.5. The van der Waals surface area contributed by atoms with E-state index >= 15 is 0 Å². The first-order valence-electron chi connectivity index (χ1n) is 26.1. The van der Waals surface area contributed by atoms with E-state index in [2.05, 4.69) is 34.2 Å². The molecule has 55 heavy (non-hydrogen) atoms. The van der Waals surface area contributed by atoms with Crippen molar-refractivity contribution >= 4 is 11.8 Å². The average molecular weight is 772 g/mol. The SMILES string of the molecule is CC1C(C2CCC(C3CCC4SC5CCCCC5C4C3)CC2)CCC2C1C1CCCCC1N2C1CCC(C2NC3CCCCC3C(C3CCCCC3)N2)CC1. The van der Waals surface area contributed by atoms with Crippen LogP contribution in [-0.4, -0.2) is 51.8 Å². The molecule has 0 aromatic rings. The van der Waals surface area contributed by atoms with E-state index in [4.69, 9.17) is 0 Å². The Morgan fingerprint density at radius 3 is 1.91 bits per heavy atom. The first kappa shape index (κ1) is 38.2. The molecule has 11 rings (SSSR count). The smallest absolute Gasteiger partial charge is 0.0605 e. The van der Waals surface area contributed by atoms with E-state index in [1.54, 1.807) is 83.5 Å². The molecule has 3 saturated heterocycles. The number of likely N-dealkylation sites (tertiary alicyclic amines) is 1. The van der Waals surface area contributed by atoms with Gasteiger partial charge in [0, 0.05) is 40.7 Å². The molecule has 4 heteroatoms. The second-order valence-electron chi connectivity index (χ2n) is 23.1.